The predicted octanol–water partition coefficient (Wildman–Crippen LogP) is 4.75. The number of halogens is 3. The topological polar surface area (TPSA) is 46.3 Å². The third kappa shape index (κ3) is 8.45. The number of rotatable bonds is 3. The molecule has 25 heavy (non-hydrogen) atoms. The third-order valence-electron chi connectivity index (χ3n) is 2.37. The van der Waals surface area contributed by atoms with Crippen LogP contribution in [0.1, 0.15) is 40.9 Å². The zero-order valence-corrected chi connectivity index (χ0v) is 17.8. The molecule has 0 bridgehead atoms. The number of aromatic nitrogens is 4. The van der Waals surface area contributed by atoms with Crippen LogP contribution < -0.4 is 4.90 Å². The Hall–Kier alpha value is -0.756. The van der Waals surface area contributed by atoms with Gasteiger partial charge in [0.05, 0.1) is 0 Å². The van der Waals surface area contributed by atoms with Gasteiger partial charge >= 0.3 is 38.9 Å². The molecule has 0 fully saturated rings. The van der Waals surface area contributed by atoms with Crippen LogP contribution in [0.15, 0.2) is 12.1 Å². The molecule has 0 radical (unpaired) electrons. The Morgan fingerprint density at radius 2 is 1.52 bits per heavy atom. The predicted molar refractivity (Wildman–Crippen MR) is 94.6 cm³/mol. The number of anilines is 1. The van der Waals surface area contributed by atoms with E-state index in [1.165, 1.54) is 6.07 Å². The standard InChI is InChI=1S/C10H10F3N5.2C2H6.CH4.CH3.Y/c1-3-17(4-2)8-6-5-7-14-15-9(10(11,12)13)18(7)16-8;2*1-2;;;/h5-6H,1-4H2;2*1-2H3;1H4;1H3;/q-2;;;;-1;+3. The number of nitrogens with zero attached hydrogens (tertiary/aromatic N) is 5. The van der Waals surface area contributed by atoms with Crippen LogP contribution >= 0.6 is 0 Å². The molecule has 0 aromatic carbocycles. The van der Waals surface area contributed by atoms with E-state index >= 15 is 0 Å². The van der Waals surface area contributed by atoms with E-state index in [1.54, 1.807) is 11.0 Å². The summed E-state index contributed by atoms with van der Waals surface area (Å²) < 4.78 is 38.6. The summed E-state index contributed by atoms with van der Waals surface area (Å²) in [4.78, 5) is 1.62. The SMILES string of the molecule is C.CC.CC.[CH2-]CN(C[CH2-])c1ccc2nnc(C(F)(F)F)n2n1.[CH3-].[Y+3]. The van der Waals surface area contributed by atoms with Crippen LogP contribution in [0.25, 0.3) is 5.65 Å². The number of hydrogen-bond acceptors (Lipinski definition) is 4. The van der Waals surface area contributed by atoms with Crippen molar-refractivity contribution in [2.24, 2.45) is 0 Å². The van der Waals surface area contributed by atoms with Crippen LogP contribution in [0.4, 0.5) is 19.0 Å². The Balaban J connectivity index is -0.000000294. The molecular formula is C16H29F3N5Y. The number of hydrogen-bond donors (Lipinski definition) is 0. The van der Waals surface area contributed by atoms with Gasteiger partial charge in [-0.05, 0) is 12.1 Å². The molecule has 142 valence electrons. The maximum Gasteiger partial charge on any atom is 3.00 e. The van der Waals surface area contributed by atoms with Crippen LogP contribution in [0.5, 0.6) is 0 Å². The van der Waals surface area contributed by atoms with Crippen LogP contribution in [0, 0.1) is 21.3 Å². The van der Waals surface area contributed by atoms with Crippen molar-refractivity contribution >= 4 is 11.5 Å². The Labute approximate surface area is 175 Å². The van der Waals surface area contributed by atoms with Gasteiger partial charge in [0, 0.05) is 0 Å². The molecule has 2 aromatic heterocycles. The van der Waals surface area contributed by atoms with Crippen molar-refractivity contribution in [3.63, 3.8) is 0 Å². The average Bonchev–Trinajstić information content (AvgIpc) is 2.96. The summed E-state index contributed by atoms with van der Waals surface area (Å²) in [5, 5.41) is 10.4. The van der Waals surface area contributed by atoms with E-state index in [1.807, 2.05) is 27.7 Å². The first kappa shape index (κ1) is 32.0. The van der Waals surface area contributed by atoms with Crippen molar-refractivity contribution in [2.75, 3.05) is 18.0 Å². The van der Waals surface area contributed by atoms with Crippen molar-refractivity contribution in [2.45, 2.75) is 41.3 Å². The molecule has 0 aliphatic carbocycles. The summed E-state index contributed by atoms with van der Waals surface area (Å²) in [6.07, 6.45) is -4.59. The van der Waals surface area contributed by atoms with E-state index in [0.717, 1.165) is 0 Å². The summed E-state index contributed by atoms with van der Waals surface area (Å²) >= 11 is 0. The molecule has 0 spiro atoms. The van der Waals surface area contributed by atoms with Gasteiger partial charge in [0.2, 0.25) is 0 Å². The van der Waals surface area contributed by atoms with E-state index < -0.39 is 12.0 Å². The van der Waals surface area contributed by atoms with Gasteiger partial charge < -0.3 is 26.2 Å². The van der Waals surface area contributed by atoms with Gasteiger partial charge in [-0.3, -0.25) is 0 Å². The number of alkyl halides is 3. The molecule has 9 heteroatoms. The normalized spacial score (nSPS) is 9.16. The maximum absolute atomic E-state index is 12.6. The third-order valence-corrected chi connectivity index (χ3v) is 2.37. The summed E-state index contributed by atoms with van der Waals surface area (Å²) in [6.45, 7) is 16.0. The minimum Gasteiger partial charge on any atom is -0.415 e. The summed E-state index contributed by atoms with van der Waals surface area (Å²) in [6, 6.07) is 2.98. The van der Waals surface area contributed by atoms with Crippen molar-refractivity contribution in [3.8, 4) is 0 Å². The maximum atomic E-state index is 12.6. The largest absolute Gasteiger partial charge is 3.00 e. The van der Waals surface area contributed by atoms with Gasteiger partial charge in [0.15, 0.2) is 5.65 Å². The first-order chi connectivity index (χ1) is 10.5. The molecule has 0 unspecified atom stereocenters. The molecule has 0 saturated heterocycles. The molecular weight excluding hydrogens is 408 g/mol. The summed E-state index contributed by atoms with van der Waals surface area (Å²) in [7, 11) is 0. The van der Waals surface area contributed by atoms with Crippen LogP contribution in [-0.4, -0.2) is 32.9 Å². The van der Waals surface area contributed by atoms with Crippen molar-refractivity contribution in [1.82, 2.24) is 19.8 Å². The molecule has 2 heterocycles. The minimum absolute atomic E-state index is 0. The van der Waals surface area contributed by atoms with Gasteiger partial charge in [-0.15, -0.1) is 28.4 Å². The van der Waals surface area contributed by atoms with Crippen molar-refractivity contribution < 1.29 is 45.9 Å². The zero-order valence-electron chi connectivity index (χ0n) is 14.9. The molecule has 2 aromatic rings. The van der Waals surface area contributed by atoms with Gasteiger partial charge in [0.25, 0.3) is 5.82 Å². The van der Waals surface area contributed by atoms with Crippen LogP contribution in [0.2, 0.25) is 0 Å². The minimum atomic E-state index is -4.59. The second kappa shape index (κ2) is 15.5. The quantitative estimate of drug-likeness (QED) is 0.650. The molecule has 5 nitrogen and oxygen atoms in total. The Bertz CT molecular complexity index is 554. The molecule has 2 rings (SSSR count). The van der Waals surface area contributed by atoms with E-state index in [9.17, 15) is 13.2 Å². The smallest absolute Gasteiger partial charge is 0.415 e. The van der Waals surface area contributed by atoms with Gasteiger partial charge in [-0.1, -0.05) is 35.1 Å². The fourth-order valence-corrected chi connectivity index (χ4v) is 1.47. The zero-order chi connectivity index (χ0) is 17.3. The molecule has 0 N–H and O–H groups in total. The second-order valence-electron chi connectivity index (χ2n) is 3.47. The van der Waals surface area contributed by atoms with Crippen molar-refractivity contribution in [3.05, 3.63) is 39.2 Å². The molecule has 0 aliphatic rings. The first-order valence-corrected chi connectivity index (χ1v) is 7.10. The summed E-state index contributed by atoms with van der Waals surface area (Å²) in [5.41, 5.74) is 0.0409. The molecule has 0 atom stereocenters. The molecule has 0 saturated carbocycles. The van der Waals surface area contributed by atoms with Gasteiger partial charge in [-0.25, -0.2) is 0 Å². The van der Waals surface area contributed by atoms with Crippen LogP contribution in [-0.2, 0) is 38.9 Å². The van der Waals surface area contributed by atoms with Gasteiger partial charge in [0.1, 0.15) is 5.82 Å². The van der Waals surface area contributed by atoms with E-state index in [2.05, 4.69) is 29.1 Å². The molecule has 0 aliphatic heterocycles. The van der Waals surface area contributed by atoms with E-state index in [0.29, 0.717) is 23.4 Å². The van der Waals surface area contributed by atoms with E-state index in [-0.39, 0.29) is 53.2 Å². The Morgan fingerprint density at radius 1 is 1.04 bits per heavy atom. The van der Waals surface area contributed by atoms with Crippen molar-refractivity contribution in [1.29, 1.82) is 0 Å². The second-order valence-corrected chi connectivity index (χ2v) is 3.47. The average molecular weight is 437 g/mol. The fraction of sp³-hybridized carbons (Fsp3) is 0.500. The monoisotopic (exact) mass is 437 g/mol. The van der Waals surface area contributed by atoms with Gasteiger partial charge in [-0.2, -0.15) is 17.7 Å². The first-order valence-electron chi connectivity index (χ1n) is 7.10. The van der Waals surface area contributed by atoms with E-state index in [4.69, 9.17) is 0 Å². The Morgan fingerprint density at radius 3 is 1.92 bits per heavy atom. The van der Waals surface area contributed by atoms with Crippen LogP contribution in [0.3, 0.4) is 0 Å². The number of fused-ring (bicyclic) bond motifs is 1. The Kier molecular flexibility index (Phi) is 19.8. The molecule has 0 amide bonds. The summed E-state index contributed by atoms with van der Waals surface area (Å²) in [5.74, 6) is -0.801. The fourth-order valence-electron chi connectivity index (χ4n) is 1.47.